The Balaban J connectivity index is 2.58. The summed E-state index contributed by atoms with van der Waals surface area (Å²) in [6.07, 6.45) is 4.37. The van der Waals surface area contributed by atoms with Crippen molar-refractivity contribution >= 4 is 7.92 Å². The third-order valence-electron chi connectivity index (χ3n) is 2.12. The summed E-state index contributed by atoms with van der Waals surface area (Å²) in [7, 11) is -3.93. The molecule has 16 heavy (non-hydrogen) atoms. The van der Waals surface area contributed by atoms with Gasteiger partial charge < -0.3 is 0 Å². The zero-order valence-electron chi connectivity index (χ0n) is 8.07. The summed E-state index contributed by atoms with van der Waals surface area (Å²) in [5.41, 5.74) is 0.626. The van der Waals surface area contributed by atoms with Crippen molar-refractivity contribution in [1.29, 1.82) is 0 Å². The van der Waals surface area contributed by atoms with Crippen molar-refractivity contribution in [2.75, 3.05) is 6.16 Å². The molecule has 1 aliphatic rings. The van der Waals surface area contributed by atoms with Gasteiger partial charge in [-0.2, -0.15) is 26.3 Å². The van der Waals surface area contributed by atoms with Gasteiger partial charge in [-0.15, -0.1) is 0 Å². The fraction of sp³-hybridized carbons (Fsp3) is 0.556. The average molecular weight is 262 g/mol. The molecule has 0 aromatic heterocycles. The van der Waals surface area contributed by atoms with Crippen LogP contribution in [0.2, 0.25) is 0 Å². The number of rotatable bonds is 3. The van der Waals surface area contributed by atoms with E-state index in [9.17, 15) is 26.3 Å². The van der Waals surface area contributed by atoms with Crippen molar-refractivity contribution in [2.45, 2.75) is 24.7 Å². The minimum atomic E-state index is -5.15. The van der Waals surface area contributed by atoms with Gasteiger partial charge >= 0.3 is 11.8 Å². The van der Waals surface area contributed by atoms with Gasteiger partial charge in [0.05, 0.1) is 0 Å². The highest BCUT2D eigenvalue weighted by Crippen LogP contribution is 2.64. The van der Waals surface area contributed by atoms with Gasteiger partial charge in [-0.25, -0.2) is 0 Å². The quantitative estimate of drug-likeness (QED) is 0.507. The van der Waals surface area contributed by atoms with Crippen LogP contribution in [-0.2, 0) is 0 Å². The Morgan fingerprint density at radius 1 is 1.06 bits per heavy atom. The number of alkyl halides is 6. The standard InChI is InChI=1S/C9H9F6P/c10-8(11,12)16(9(13,14)15)6-5-7-3-1-2-4-7/h1-3H,4-6H2. The molecule has 0 spiro atoms. The topological polar surface area (TPSA) is 0 Å². The lowest BCUT2D eigenvalue weighted by molar-refractivity contribution is -0.0833. The second kappa shape index (κ2) is 4.78. The first-order chi connectivity index (χ1) is 7.21. The van der Waals surface area contributed by atoms with Crippen LogP contribution in [0.3, 0.4) is 0 Å². The fourth-order valence-corrected chi connectivity index (χ4v) is 2.64. The number of hydrogen-bond acceptors (Lipinski definition) is 0. The Morgan fingerprint density at radius 2 is 1.62 bits per heavy atom. The molecule has 0 saturated carbocycles. The van der Waals surface area contributed by atoms with E-state index < -0.39 is 25.9 Å². The molecular weight excluding hydrogens is 253 g/mol. The Kier molecular flexibility index (Phi) is 4.05. The van der Waals surface area contributed by atoms with Crippen molar-refractivity contribution in [3.05, 3.63) is 23.8 Å². The zero-order valence-corrected chi connectivity index (χ0v) is 8.96. The normalized spacial score (nSPS) is 17.1. The first-order valence-corrected chi connectivity index (χ1v) is 5.99. The second-order valence-electron chi connectivity index (χ2n) is 3.29. The van der Waals surface area contributed by atoms with Crippen LogP contribution in [-0.4, -0.2) is 18.0 Å². The van der Waals surface area contributed by atoms with Crippen LogP contribution in [0.15, 0.2) is 23.8 Å². The molecule has 0 N–H and O–H groups in total. The number of hydrogen-bond donors (Lipinski definition) is 0. The highest BCUT2D eigenvalue weighted by atomic mass is 31.1. The predicted octanol–water partition coefficient (Wildman–Crippen LogP) is 4.78. The first kappa shape index (κ1) is 13.6. The van der Waals surface area contributed by atoms with Crippen LogP contribution in [0, 0.1) is 0 Å². The average Bonchev–Trinajstić information content (AvgIpc) is 2.51. The minimum absolute atomic E-state index is 0.141. The second-order valence-corrected chi connectivity index (χ2v) is 5.61. The fourth-order valence-electron chi connectivity index (χ4n) is 1.33. The molecule has 0 atom stereocenters. The first-order valence-electron chi connectivity index (χ1n) is 4.47. The summed E-state index contributed by atoms with van der Waals surface area (Å²) in [5, 5.41) is 0. The predicted molar refractivity (Wildman–Crippen MR) is 50.4 cm³/mol. The van der Waals surface area contributed by atoms with Gasteiger partial charge in [-0.05, 0) is 19.0 Å². The van der Waals surface area contributed by atoms with Crippen molar-refractivity contribution in [3.8, 4) is 0 Å². The maximum atomic E-state index is 12.2. The van der Waals surface area contributed by atoms with Crippen molar-refractivity contribution < 1.29 is 26.3 Å². The van der Waals surface area contributed by atoms with E-state index in [1.54, 1.807) is 18.2 Å². The molecular formula is C9H9F6P. The maximum Gasteiger partial charge on any atom is 0.413 e. The smallest absolute Gasteiger partial charge is 0.167 e. The molecule has 0 radical (unpaired) electrons. The lowest BCUT2D eigenvalue weighted by atomic mass is 10.2. The van der Waals surface area contributed by atoms with Gasteiger partial charge in [0.1, 0.15) is 7.92 Å². The van der Waals surface area contributed by atoms with E-state index in [0.717, 1.165) is 0 Å². The van der Waals surface area contributed by atoms with E-state index in [-0.39, 0.29) is 6.42 Å². The molecule has 0 aromatic rings. The summed E-state index contributed by atoms with van der Waals surface area (Å²) >= 11 is 0. The highest BCUT2D eigenvalue weighted by molar-refractivity contribution is 7.59. The summed E-state index contributed by atoms with van der Waals surface area (Å²) in [4.78, 5) is 0. The minimum Gasteiger partial charge on any atom is -0.167 e. The highest BCUT2D eigenvalue weighted by Gasteiger charge is 2.55. The lowest BCUT2D eigenvalue weighted by Crippen LogP contribution is -2.20. The molecule has 0 unspecified atom stereocenters. The lowest BCUT2D eigenvalue weighted by Gasteiger charge is -2.22. The van der Waals surface area contributed by atoms with Crippen LogP contribution in [0.1, 0.15) is 12.8 Å². The van der Waals surface area contributed by atoms with Gasteiger partial charge in [0.25, 0.3) is 0 Å². The molecule has 1 rings (SSSR count). The Labute approximate surface area is 89.8 Å². The molecule has 0 heterocycles. The summed E-state index contributed by atoms with van der Waals surface area (Å²) in [5.74, 6) is -10.3. The van der Waals surface area contributed by atoms with Crippen molar-refractivity contribution in [1.82, 2.24) is 0 Å². The third-order valence-corrected chi connectivity index (χ3v) is 4.01. The van der Waals surface area contributed by atoms with Gasteiger partial charge in [0, 0.05) is 0 Å². The van der Waals surface area contributed by atoms with E-state index in [2.05, 4.69) is 0 Å². The van der Waals surface area contributed by atoms with Crippen LogP contribution >= 0.6 is 7.92 Å². The molecule has 0 amide bonds. The van der Waals surface area contributed by atoms with E-state index in [0.29, 0.717) is 12.0 Å². The summed E-state index contributed by atoms with van der Waals surface area (Å²) in [6, 6.07) is 0. The number of allylic oxidation sites excluding steroid dienone is 4. The maximum absolute atomic E-state index is 12.2. The molecule has 0 nitrogen and oxygen atoms in total. The van der Waals surface area contributed by atoms with Gasteiger partial charge in [0.2, 0.25) is 0 Å². The van der Waals surface area contributed by atoms with Gasteiger partial charge in [-0.3, -0.25) is 0 Å². The van der Waals surface area contributed by atoms with E-state index >= 15 is 0 Å². The van der Waals surface area contributed by atoms with E-state index in [4.69, 9.17) is 0 Å². The molecule has 0 fully saturated rings. The van der Waals surface area contributed by atoms with Crippen LogP contribution in [0.25, 0.3) is 0 Å². The Morgan fingerprint density at radius 3 is 2.00 bits per heavy atom. The Bertz CT molecular complexity index is 284. The van der Waals surface area contributed by atoms with Crippen molar-refractivity contribution in [2.24, 2.45) is 0 Å². The summed E-state index contributed by atoms with van der Waals surface area (Å²) < 4.78 is 73.0. The number of halogens is 6. The molecule has 0 aromatic carbocycles. The molecule has 1 aliphatic carbocycles. The van der Waals surface area contributed by atoms with Crippen LogP contribution in [0.5, 0.6) is 0 Å². The van der Waals surface area contributed by atoms with Crippen LogP contribution in [0.4, 0.5) is 26.3 Å². The molecule has 0 aliphatic heterocycles. The molecule has 0 saturated heterocycles. The van der Waals surface area contributed by atoms with Gasteiger partial charge in [-0.1, -0.05) is 23.8 Å². The monoisotopic (exact) mass is 262 g/mol. The van der Waals surface area contributed by atoms with Crippen LogP contribution < -0.4 is 0 Å². The molecule has 0 bridgehead atoms. The zero-order chi connectivity index (χ0) is 12.4. The van der Waals surface area contributed by atoms with E-state index in [1.165, 1.54) is 0 Å². The summed E-state index contributed by atoms with van der Waals surface area (Å²) in [6.45, 7) is 0. The SMILES string of the molecule is FC(F)(F)P(CCC1=CC=CC1)C(F)(F)F. The third kappa shape index (κ3) is 3.81. The largest absolute Gasteiger partial charge is 0.413 e. The molecule has 7 heteroatoms. The Hall–Kier alpha value is -0.510. The van der Waals surface area contributed by atoms with Crippen molar-refractivity contribution in [3.63, 3.8) is 0 Å². The van der Waals surface area contributed by atoms with E-state index in [1.807, 2.05) is 0 Å². The van der Waals surface area contributed by atoms with Gasteiger partial charge in [0.15, 0.2) is 0 Å². The molecule has 92 valence electrons.